The molecule has 0 aliphatic carbocycles. The molecule has 0 fully saturated rings. The van der Waals surface area contributed by atoms with E-state index in [0.29, 0.717) is 72.9 Å². The van der Waals surface area contributed by atoms with Gasteiger partial charge in [0, 0.05) is 41.0 Å². The van der Waals surface area contributed by atoms with Gasteiger partial charge in [-0.05, 0) is 123 Å². The van der Waals surface area contributed by atoms with Crippen LogP contribution in [-0.4, -0.2) is 46.0 Å². The summed E-state index contributed by atoms with van der Waals surface area (Å²) in [6.45, 7) is 0. The van der Waals surface area contributed by atoms with Crippen molar-refractivity contribution in [2.24, 2.45) is 0 Å². The second-order valence-corrected chi connectivity index (χ2v) is 17.4. The summed E-state index contributed by atoms with van der Waals surface area (Å²) >= 11 is 0. The highest BCUT2D eigenvalue weighted by Crippen LogP contribution is 2.63. The summed E-state index contributed by atoms with van der Waals surface area (Å²) in [4.78, 5) is 0. The molecule has 12 heteroatoms. The number of fused-ring (bicyclic) bond motifs is 3. The second-order valence-electron chi connectivity index (χ2n) is 17.4. The van der Waals surface area contributed by atoms with Crippen LogP contribution in [0.15, 0.2) is 152 Å². The summed E-state index contributed by atoms with van der Waals surface area (Å²) in [5.41, 5.74) is 6.86. The summed E-state index contributed by atoms with van der Waals surface area (Å²) in [5, 5.41) is 97.7. The Balaban J connectivity index is 1.18. The van der Waals surface area contributed by atoms with Crippen molar-refractivity contribution < 1.29 is 60.2 Å². The Hall–Kier alpha value is -8.90. The highest BCUT2D eigenvalue weighted by atomic mass is 16.5. The molecular formula is C56H42O12. The third-order valence-corrected chi connectivity index (χ3v) is 13.0. The SMILES string of the molecule is Oc1ccc(/C=C\c2cc(O)cc3c2[C@H](c2cc(O)cc4c2[C@@H](c2cc(O)cc5c2[C@H](c2cc(O)cc(O)c2)[C@@H](c2ccc(O)cc2)O5)[C@H](c2ccc(O)cc2)O4)[C@@H](c2ccc(O)cc2)O3)cc1. The zero-order valence-electron chi connectivity index (χ0n) is 35.8. The number of phenols is 9. The Labute approximate surface area is 389 Å². The molecule has 0 aromatic heterocycles. The van der Waals surface area contributed by atoms with Crippen LogP contribution >= 0.6 is 0 Å². The molecule has 3 heterocycles. The Kier molecular flexibility index (Phi) is 9.96. The summed E-state index contributed by atoms with van der Waals surface area (Å²) in [6, 6.07) is 40.2. The normalized spacial score (nSPS) is 20.0. The van der Waals surface area contributed by atoms with Crippen LogP contribution in [0.2, 0.25) is 0 Å². The molecule has 3 aliphatic rings. The van der Waals surface area contributed by atoms with E-state index in [1.54, 1.807) is 115 Å². The minimum absolute atomic E-state index is 0.0267. The summed E-state index contributed by atoms with van der Waals surface area (Å²) in [6.07, 6.45) is 1.25. The molecule has 68 heavy (non-hydrogen) atoms. The smallest absolute Gasteiger partial charge is 0.135 e. The van der Waals surface area contributed by atoms with Gasteiger partial charge in [-0.3, -0.25) is 0 Å². The molecule has 0 saturated heterocycles. The average molecular weight is 907 g/mol. The molecule has 338 valence electrons. The second kappa shape index (κ2) is 16.2. The molecule has 12 nitrogen and oxygen atoms in total. The van der Waals surface area contributed by atoms with Crippen molar-refractivity contribution >= 4 is 12.2 Å². The van der Waals surface area contributed by atoms with Gasteiger partial charge < -0.3 is 60.2 Å². The van der Waals surface area contributed by atoms with Crippen molar-refractivity contribution in [3.63, 3.8) is 0 Å². The summed E-state index contributed by atoms with van der Waals surface area (Å²) in [7, 11) is 0. The predicted molar refractivity (Wildman–Crippen MR) is 251 cm³/mol. The van der Waals surface area contributed by atoms with Crippen molar-refractivity contribution in [1.82, 2.24) is 0 Å². The summed E-state index contributed by atoms with van der Waals surface area (Å²) in [5.74, 6) is -1.73. The molecule has 0 amide bonds. The minimum Gasteiger partial charge on any atom is -0.508 e. The zero-order valence-corrected chi connectivity index (χ0v) is 35.8. The van der Waals surface area contributed by atoms with Gasteiger partial charge in [0.1, 0.15) is 87.3 Å². The molecule has 3 aliphatic heterocycles. The molecule has 9 N–H and O–H groups in total. The Morgan fingerprint density at radius 2 is 0.647 bits per heavy atom. The number of phenolic OH excluding ortho intramolecular Hbond substituents is 9. The minimum atomic E-state index is -0.856. The first-order valence-electron chi connectivity index (χ1n) is 21.8. The monoisotopic (exact) mass is 906 g/mol. The lowest BCUT2D eigenvalue weighted by atomic mass is 9.73. The molecule has 6 atom stereocenters. The maximum absolute atomic E-state index is 11.8. The van der Waals surface area contributed by atoms with Crippen molar-refractivity contribution in [1.29, 1.82) is 0 Å². The molecule has 8 aromatic rings. The van der Waals surface area contributed by atoms with E-state index in [1.807, 2.05) is 12.2 Å². The maximum atomic E-state index is 11.8. The van der Waals surface area contributed by atoms with Gasteiger partial charge in [0.25, 0.3) is 0 Å². The van der Waals surface area contributed by atoms with E-state index in [2.05, 4.69) is 0 Å². The lowest BCUT2D eigenvalue weighted by Gasteiger charge is -2.28. The molecule has 0 unspecified atom stereocenters. The molecule has 0 bridgehead atoms. The predicted octanol–water partition coefficient (Wildman–Crippen LogP) is 11.0. The van der Waals surface area contributed by atoms with Gasteiger partial charge in [-0.25, -0.2) is 0 Å². The van der Waals surface area contributed by atoms with Gasteiger partial charge >= 0.3 is 0 Å². The number of benzene rings is 8. The third-order valence-electron chi connectivity index (χ3n) is 13.0. The first kappa shape index (κ1) is 41.8. The molecule has 8 aromatic carbocycles. The molecule has 0 spiro atoms. The Morgan fingerprint density at radius 3 is 1.10 bits per heavy atom. The first-order valence-corrected chi connectivity index (χ1v) is 21.8. The van der Waals surface area contributed by atoms with E-state index < -0.39 is 36.1 Å². The van der Waals surface area contributed by atoms with Crippen LogP contribution in [0.25, 0.3) is 12.2 Å². The fraction of sp³-hybridized carbons (Fsp3) is 0.107. The largest absolute Gasteiger partial charge is 0.508 e. The number of hydrogen-bond donors (Lipinski definition) is 9. The Morgan fingerprint density at radius 1 is 0.294 bits per heavy atom. The van der Waals surface area contributed by atoms with Crippen LogP contribution in [0.3, 0.4) is 0 Å². The van der Waals surface area contributed by atoms with Gasteiger partial charge in [-0.2, -0.15) is 0 Å². The van der Waals surface area contributed by atoms with E-state index >= 15 is 0 Å². The lowest BCUT2D eigenvalue weighted by Crippen LogP contribution is -2.18. The van der Waals surface area contributed by atoms with E-state index in [-0.39, 0.29) is 51.7 Å². The van der Waals surface area contributed by atoms with Crippen molar-refractivity contribution in [2.45, 2.75) is 36.1 Å². The third kappa shape index (κ3) is 7.37. The topological polar surface area (TPSA) is 210 Å². The van der Waals surface area contributed by atoms with Crippen molar-refractivity contribution in [3.05, 3.63) is 213 Å². The highest BCUT2D eigenvalue weighted by molar-refractivity contribution is 5.76. The molecule has 11 rings (SSSR count). The van der Waals surface area contributed by atoms with Gasteiger partial charge in [-0.1, -0.05) is 60.7 Å². The molecule has 0 radical (unpaired) electrons. The zero-order chi connectivity index (χ0) is 47.0. The average Bonchev–Trinajstić information content (AvgIpc) is 4.01. The summed E-state index contributed by atoms with van der Waals surface area (Å²) < 4.78 is 20.6. The first-order chi connectivity index (χ1) is 32.8. The standard InChI is InChI=1S/C56H42O12/c57-34-11-2-28(3-12-34)1-4-32-19-40(63)25-45-48(32)52(55(66-45)30-7-15-36(59)16-8-30)44-24-42(65)27-47-51(44)53(56(68-47)31-9-17-37(60)18-10-31)43-23-41(64)26-46-50(43)49(33-20-38(61)22-39(62)21-33)54(67-46)29-5-13-35(58)14-6-29/h1-27,49,52-65H/b4-1-/t49-,52-,53+,54+,55+,56-/m0/s1. The van der Waals surface area contributed by atoms with Crippen LogP contribution in [0, 0.1) is 0 Å². The van der Waals surface area contributed by atoms with Crippen LogP contribution in [0.5, 0.6) is 69.0 Å². The van der Waals surface area contributed by atoms with Crippen molar-refractivity contribution in [2.75, 3.05) is 0 Å². The fourth-order valence-electron chi connectivity index (χ4n) is 10.2. The molecule has 0 saturated carbocycles. The van der Waals surface area contributed by atoms with Crippen LogP contribution in [-0.2, 0) is 0 Å². The number of rotatable bonds is 8. The van der Waals surface area contributed by atoms with E-state index in [4.69, 9.17) is 14.2 Å². The lowest BCUT2D eigenvalue weighted by molar-refractivity contribution is 0.219. The van der Waals surface area contributed by atoms with E-state index in [1.165, 1.54) is 36.4 Å². The number of ether oxygens (including phenoxy) is 3. The van der Waals surface area contributed by atoms with E-state index in [0.717, 1.165) is 5.56 Å². The molecular weight excluding hydrogens is 865 g/mol. The van der Waals surface area contributed by atoms with Gasteiger partial charge in [0.05, 0.1) is 17.8 Å². The van der Waals surface area contributed by atoms with Gasteiger partial charge in [0.15, 0.2) is 0 Å². The highest BCUT2D eigenvalue weighted by Gasteiger charge is 2.49. The fourth-order valence-corrected chi connectivity index (χ4v) is 10.2. The van der Waals surface area contributed by atoms with Gasteiger partial charge in [0.2, 0.25) is 0 Å². The quantitative estimate of drug-likeness (QED) is 0.0652. The number of hydrogen-bond acceptors (Lipinski definition) is 12. The number of aromatic hydroxyl groups is 9. The van der Waals surface area contributed by atoms with Crippen LogP contribution < -0.4 is 14.2 Å². The van der Waals surface area contributed by atoms with Crippen LogP contribution in [0.1, 0.15) is 97.3 Å². The van der Waals surface area contributed by atoms with E-state index in [9.17, 15) is 46.0 Å². The van der Waals surface area contributed by atoms with Crippen LogP contribution in [0.4, 0.5) is 0 Å². The Bertz CT molecular complexity index is 3250. The van der Waals surface area contributed by atoms with Gasteiger partial charge in [-0.15, -0.1) is 0 Å². The van der Waals surface area contributed by atoms with Crippen molar-refractivity contribution in [3.8, 4) is 69.0 Å². The maximum Gasteiger partial charge on any atom is 0.135 e.